The van der Waals surface area contributed by atoms with Crippen LogP contribution in [-0.2, 0) is 6.42 Å². The van der Waals surface area contributed by atoms with Crippen molar-refractivity contribution in [1.29, 1.82) is 0 Å². The normalized spacial score (nSPS) is 8.71. The first kappa shape index (κ1) is 10.6. The lowest BCUT2D eigenvalue weighted by atomic mass is 10.1. The fourth-order valence-electron chi connectivity index (χ4n) is 1.12. The Kier molecular flexibility index (Phi) is 4.58. The summed E-state index contributed by atoms with van der Waals surface area (Å²) in [7, 11) is 0. The van der Waals surface area contributed by atoms with Crippen molar-refractivity contribution in [3.05, 3.63) is 47.5 Å². The Morgan fingerprint density at radius 1 is 1.21 bits per heavy atom. The van der Waals surface area contributed by atoms with E-state index in [2.05, 4.69) is 50.0 Å². The quantitative estimate of drug-likeness (QED) is 0.616. The van der Waals surface area contributed by atoms with Gasteiger partial charge in [-0.1, -0.05) is 47.7 Å². The third-order valence-electron chi connectivity index (χ3n) is 1.84. The molecule has 0 heterocycles. The molecule has 72 valence electrons. The van der Waals surface area contributed by atoms with Crippen LogP contribution < -0.4 is 0 Å². The van der Waals surface area contributed by atoms with Crippen molar-refractivity contribution in [3.63, 3.8) is 0 Å². The lowest BCUT2D eigenvalue weighted by Crippen LogP contribution is -1.81. The first-order valence-corrected chi connectivity index (χ1v) is 4.95. The smallest absolute Gasteiger partial charge is 0.0133 e. The second-order valence-corrected chi connectivity index (χ2v) is 3.53. The maximum Gasteiger partial charge on any atom is 0.0133 e. The summed E-state index contributed by atoms with van der Waals surface area (Å²) in [5.41, 5.74) is 2.62. The molecule has 0 unspecified atom stereocenters. The molecule has 0 saturated carbocycles. The Hall–Kier alpha value is -1.48. The molecule has 0 fully saturated rings. The Morgan fingerprint density at radius 3 is 2.57 bits per heavy atom. The monoisotopic (exact) mass is 184 g/mol. The van der Waals surface area contributed by atoms with Crippen LogP contribution in [0.1, 0.15) is 25.8 Å². The number of aryl methyl sites for hydroxylation is 1. The summed E-state index contributed by atoms with van der Waals surface area (Å²) < 4.78 is 0. The molecule has 0 bridgehead atoms. The van der Waals surface area contributed by atoms with Crippen LogP contribution in [0.2, 0.25) is 0 Å². The van der Waals surface area contributed by atoms with Gasteiger partial charge in [0, 0.05) is 6.42 Å². The first-order valence-electron chi connectivity index (χ1n) is 4.95. The van der Waals surface area contributed by atoms with Crippen molar-refractivity contribution >= 4 is 0 Å². The summed E-state index contributed by atoms with van der Waals surface area (Å²) in [6, 6.07) is 10.5. The molecule has 0 nitrogen and oxygen atoms in total. The zero-order chi connectivity index (χ0) is 10.2. The number of allylic oxidation sites excluding steroid dienone is 2. The molecule has 0 saturated heterocycles. The number of hydrogen-bond acceptors (Lipinski definition) is 0. The Bertz CT molecular complexity index is 343. The van der Waals surface area contributed by atoms with Gasteiger partial charge in [0.05, 0.1) is 0 Å². The van der Waals surface area contributed by atoms with Gasteiger partial charge in [-0.05, 0) is 31.9 Å². The highest BCUT2D eigenvalue weighted by Gasteiger charge is 1.86. The van der Waals surface area contributed by atoms with E-state index in [-0.39, 0.29) is 0 Å². The zero-order valence-electron chi connectivity index (χ0n) is 8.88. The summed E-state index contributed by atoms with van der Waals surface area (Å²) in [6.07, 6.45) is 3.95. The maximum absolute atomic E-state index is 3.14. The van der Waals surface area contributed by atoms with Crippen molar-refractivity contribution < 1.29 is 0 Å². The summed E-state index contributed by atoms with van der Waals surface area (Å²) in [4.78, 5) is 0. The second kappa shape index (κ2) is 6.05. The van der Waals surface area contributed by atoms with Gasteiger partial charge in [0.25, 0.3) is 0 Å². The van der Waals surface area contributed by atoms with Crippen LogP contribution in [0.4, 0.5) is 0 Å². The predicted octanol–water partition coefficient (Wildman–Crippen LogP) is 3.59. The van der Waals surface area contributed by atoms with E-state index >= 15 is 0 Å². The molecule has 0 spiro atoms. The molecular formula is C14H16. The van der Waals surface area contributed by atoms with Gasteiger partial charge in [-0.3, -0.25) is 0 Å². The molecule has 0 amide bonds. The maximum atomic E-state index is 3.14. The Morgan fingerprint density at radius 2 is 1.93 bits per heavy atom. The summed E-state index contributed by atoms with van der Waals surface area (Å²) >= 11 is 0. The van der Waals surface area contributed by atoms with E-state index in [4.69, 9.17) is 0 Å². The predicted molar refractivity (Wildman–Crippen MR) is 62.0 cm³/mol. The van der Waals surface area contributed by atoms with Crippen molar-refractivity contribution in [2.45, 2.75) is 26.7 Å². The standard InChI is InChI=1S/C14H16/c1-13(2)9-5-3-6-10-14-11-7-4-8-12-14/h4,7-9,11-12H,6,10H2,1-2H3. The van der Waals surface area contributed by atoms with Gasteiger partial charge < -0.3 is 0 Å². The molecule has 0 atom stereocenters. The van der Waals surface area contributed by atoms with Gasteiger partial charge in [0.2, 0.25) is 0 Å². The van der Waals surface area contributed by atoms with E-state index in [1.54, 1.807) is 0 Å². The topological polar surface area (TPSA) is 0 Å². The molecule has 0 N–H and O–H groups in total. The van der Waals surface area contributed by atoms with E-state index in [0.29, 0.717) is 0 Å². The van der Waals surface area contributed by atoms with Crippen molar-refractivity contribution in [2.24, 2.45) is 0 Å². The van der Waals surface area contributed by atoms with Crippen LogP contribution in [0.3, 0.4) is 0 Å². The molecule has 14 heavy (non-hydrogen) atoms. The van der Waals surface area contributed by atoms with Gasteiger partial charge in [0.15, 0.2) is 0 Å². The summed E-state index contributed by atoms with van der Waals surface area (Å²) in [5.74, 6) is 6.18. The fraction of sp³-hybridized carbons (Fsp3) is 0.286. The highest BCUT2D eigenvalue weighted by atomic mass is 13.9. The van der Waals surface area contributed by atoms with Crippen LogP contribution >= 0.6 is 0 Å². The van der Waals surface area contributed by atoms with Crippen LogP contribution in [-0.4, -0.2) is 0 Å². The van der Waals surface area contributed by atoms with Crippen molar-refractivity contribution in [3.8, 4) is 11.8 Å². The van der Waals surface area contributed by atoms with Crippen LogP contribution in [0, 0.1) is 11.8 Å². The van der Waals surface area contributed by atoms with Gasteiger partial charge in [-0.15, -0.1) is 0 Å². The van der Waals surface area contributed by atoms with E-state index in [0.717, 1.165) is 12.8 Å². The minimum atomic E-state index is 0.938. The average Bonchev–Trinajstić information content (AvgIpc) is 2.18. The SMILES string of the molecule is CC(C)=CC#CCCc1ccccc1. The van der Waals surface area contributed by atoms with Crippen LogP contribution in [0.5, 0.6) is 0 Å². The van der Waals surface area contributed by atoms with Gasteiger partial charge >= 0.3 is 0 Å². The molecule has 0 aliphatic heterocycles. The molecule has 0 heteroatoms. The molecule has 0 aliphatic carbocycles. The van der Waals surface area contributed by atoms with E-state index < -0.39 is 0 Å². The van der Waals surface area contributed by atoms with E-state index in [9.17, 15) is 0 Å². The van der Waals surface area contributed by atoms with Crippen LogP contribution in [0.15, 0.2) is 42.0 Å². The Balaban J connectivity index is 2.35. The molecule has 1 rings (SSSR count). The summed E-state index contributed by atoms with van der Waals surface area (Å²) in [6.45, 7) is 4.12. The minimum Gasteiger partial charge on any atom is -0.0982 e. The Labute approximate surface area is 86.7 Å². The first-order chi connectivity index (χ1) is 6.79. The largest absolute Gasteiger partial charge is 0.0982 e. The lowest BCUT2D eigenvalue weighted by Gasteiger charge is -1.94. The summed E-state index contributed by atoms with van der Waals surface area (Å²) in [5, 5.41) is 0. The van der Waals surface area contributed by atoms with Gasteiger partial charge in [-0.2, -0.15) is 0 Å². The average molecular weight is 184 g/mol. The molecule has 0 radical (unpaired) electrons. The van der Waals surface area contributed by atoms with Crippen molar-refractivity contribution in [2.75, 3.05) is 0 Å². The van der Waals surface area contributed by atoms with Gasteiger partial charge in [0.1, 0.15) is 0 Å². The molecule has 1 aromatic rings. The fourth-order valence-corrected chi connectivity index (χ4v) is 1.12. The number of benzene rings is 1. The number of rotatable bonds is 2. The molecular weight excluding hydrogens is 168 g/mol. The zero-order valence-corrected chi connectivity index (χ0v) is 8.88. The minimum absolute atomic E-state index is 0.938. The lowest BCUT2D eigenvalue weighted by molar-refractivity contribution is 1.03. The van der Waals surface area contributed by atoms with E-state index in [1.165, 1.54) is 11.1 Å². The van der Waals surface area contributed by atoms with Crippen molar-refractivity contribution in [1.82, 2.24) is 0 Å². The van der Waals surface area contributed by atoms with Crippen LogP contribution in [0.25, 0.3) is 0 Å². The number of hydrogen-bond donors (Lipinski definition) is 0. The van der Waals surface area contributed by atoms with Gasteiger partial charge in [-0.25, -0.2) is 0 Å². The molecule has 0 aromatic heterocycles. The molecule has 1 aromatic carbocycles. The third-order valence-corrected chi connectivity index (χ3v) is 1.84. The van der Waals surface area contributed by atoms with E-state index in [1.807, 2.05) is 12.1 Å². The highest BCUT2D eigenvalue weighted by Crippen LogP contribution is 2.01. The second-order valence-electron chi connectivity index (χ2n) is 3.53. The highest BCUT2D eigenvalue weighted by molar-refractivity contribution is 5.21. The third kappa shape index (κ3) is 4.52. The molecule has 0 aliphatic rings.